The van der Waals surface area contributed by atoms with E-state index in [0.717, 1.165) is 28.1 Å². The minimum Gasteiger partial charge on any atom is -0.324 e. The summed E-state index contributed by atoms with van der Waals surface area (Å²) in [6, 6.07) is 5.21. The average molecular weight is 345 g/mol. The number of rotatable bonds is 6. The lowest BCUT2D eigenvalue weighted by molar-refractivity contribution is -0.133. The van der Waals surface area contributed by atoms with Crippen LogP contribution in [0, 0.1) is 19.8 Å². The second-order valence-electron chi connectivity index (χ2n) is 7.40. The Labute approximate surface area is 149 Å². The summed E-state index contributed by atoms with van der Waals surface area (Å²) in [6.07, 6.45) is 1.38. The third-order valence-corrected chi connectivity index (χ3v) is 4.61. The highest BCUT2D eigenvalue weighted by atomic mass is 16.2. The number of para-hydroxylation sites is 1. The Morgan fingerprint density at radius 2 is 1.84 bits per heavy atom. The number of hydrogen-bond acceptors (Lipinski definition) is 3. The van der Waals surface area contributed by atoms with Gasteiger partial charge in [0.1, 0.15) is 12.1 Å². The Hall–Kier alpha value is -2.37. The lowest BCUT2D eigenvalue weighted by Crippen LogP contribution is -2.44. The number of nitrogens with one attached hydrogen (secondary N) is 2. The van der Waals surface area contributed by atoms with Gasteiger partial charge in [0.25, 0.3) is 5.91 Å². The van der Waals surface area contributed by atoms with Gasteiger partial charge >= 0.3 is 6.03 Å². The fourth-order valence-corrected chi connectivity index (χ4v) is 2.97. The van der Waals surface area contributed by atoms with Gasteiger partial charge in [-0.25, -0.2) is 4.79 Å². The Morgan fingerprint density at radius 3 is 2.40 bits per heavy atom. The minimum absolute atomic E-state index is 0.282. The number of anilines is 1. The van der Waals surface area contributed by atoms with E-state index >= 15 is 0 Å². The van der Waals surface area contributed by atoms with Crippen molar-refractivity contribution in [2.45, 2.75) is 53.0 Å². The van der Waals surface area contributed by atoms with Crippen molar-refractivity contribution in [1.29, 1.82) is 0 Å². The summed E-state index contributed by atoms with van der Waals surface area (Å²) in [5.74, 6) is -0.285. The van der Waals surface area contributed by atoms with Gasteiger partial charge < -0.3 is 10.6 Å². The molecule has 1 aliphatic rings. The number of nitrogens with zero attached hydrogens (tertiary/aromatic N) is 1. The third-order valence-electron chi connectivity index (χ3n) is 4.61. The summed E-state index contributed by atoms with van der Waals surface area (Å²) < 4.78 is 0. The summed E-state index contributed by atoms with van der Waals surface area (Å²) in [5.41, 5.74) is 1.67. The molecule has 6 nitrogen and oxygen atoms in total. The predicted octanol–water partition coefficient (Wildman–Crippen LogP) is 2.99. The monoisotopic (exact) mass is 345 g/mol. The fraction of sp³-hybridized carbons (Fsp3) is 0.526. The van der Waals surface area contributed by atoms with E-state index in [4.69, 9.17) is 0 Å². The van der Waals surface area contributed by atoms with Gasteiger partial charge in [0.05, 0.1) is 0 Å². The van der Waals surface area contributed by atoms with E-state index in [2.05, 4.69) is 24.5 Å². The summed E-state index contributed by atoms with van der Waals surface area (Å²) in [7, 11) is 0. The van der Waals surface area contributed by atoms with E-state index in [0.29, 0.717) is 12.3 Å². The topological polar surface area (TPSA) is 78.5 Å². The van der Waals surface area contributed by atoms with E-state index in [1.165, 1.54) is 0 Å². The molecule has 2 rings (SSSR count). The zero-order valence-electron chi connectivity index (χ0n) is 15.6. The number of hydrogen-bond donors (Lipinski definition) is 2. The van der Waals surface area contributed by atoms with Crippen LogP contribution in [0.2, 0.25) is 0 Å². The van der Waals surface area contributed by atoms with Gasteiger partial charge in [-0.05, 0) is 50.7 Å². The van der Waals surface area contributed by atoms with Crippen LogP contribution in [0.3, 0.4) is 0 Å². The van der Waals surface area contributed by atoms with Crippen LogP contribution >= 0.6 is 0 Å². The van der Waals surface area contributed by atoms with Crippen LogP contribution in [0.25, 0.3) is 0 Å². The summed E-state index contributed by atoms with van der Waals surface area (Å²) >= 11 is 0. The van der Waals surface area contributed by atoms with E-state index < -0.39 is 11.6 Å². The molecule has 1 unspecified atom stereocenters. The third kappa shape index (κ3) is 4.18. The zero-order valence-corrected chi connectivity index (χ0v) is 15.6. The Balaban J connectivity index is 2.06. The average Bonchev–Trinajstić information content (AvgIpc) is 2.73. The molecule has 0 aromatic heterocycles. The van der Waals surface area contributed by atoms with Crippen molar-refractivity contribution in [1.82, 2.24) is 10.2 Å². The quantitative estimate of drug-likeness (QED) is 0.778. The second kappa shape index (κ2) is 7.25. The SMILES string of the molecule is Cc1cccc(C)c1NC(=O)CN1C(=O)NC(C)(CCC(C)C)C1=O. The molecule has 1 saturated heterocycles. The van der Waals surface area contributed by atoms with Gasteiger partial charge in [0.15, 0.2) is 0 Å². The summed E-state index contributed by atoms with van der Waals surface area (Å²) in [6.45, 7) is 9.38. The van der Waals surface area contributed by atoms with E-state index in [-0.39, 0.29) is 18.4 Å². The standard InChI is InChI=1S/C19H27N3O3/c1-12(2)9-10-19(5)17(24)22(18(25)21-19)11-15(23)20-16-13(3)7-6-8-14(16)4/h6-8,12H,9-11H2,1-5H3,(H,20,23)(H,21,25). The Kier molecular flexibility index (Phi) is 5.50. The maximum Gasteiger partial charge on any atom is 0.325 e. The lowest BCUT2D eigenvalue weighted by Gasteiger charge is -2.22. The van der Waals surface area contributed by atoms with E-state index in [1.807, 2.05) is 32.0 Å². The van der Waals surface area contributed by atoms with E-state index in [9.17, 15) is 14.4 Å². The number of amides is 4. The molecule has 1 aromatic rings. The molecule has 4 amide bonds. The van der Waals surface area contributed by atoms with Gasteiger partial charge in [0.2, 0.25) is 5.91 Å². The lowest BCUT2D eigenvalue weighted by atomic mass is 9.92. The maximum atomic E-state index is 12.6. The van der Waals surface area contributed by atoms with Gasteiger partial charge in [-0.2, -0.15) is 0 Å². The smallest absolute Gasteiger partial charge is 0.324 e. The van der Waals surface area contributed by atoms with Crippen molar-refractivity contribution in [3.63, 3.8) is 0 Å². The van der Waals surface area contributed by atoms with Crippen molar-refractivity contribution in [3.8, 4) is 0 Å². The Bertz CT molecular complexity index is 679. The molecule has 1 fully saturated rings. The van der Waals surface area contributed by atoms with Crippen LogP contribution < -0.4 is 10.6 Å². The molecular weight excluding hydrogens is 318 g/mol. The number of imide groups is 1. The highest BCUT2D eigenvalue weighted by Crippen LogP contribution is 2.25. The first kappa shape index (κ1) is 19.0. The molecule has 25 heavy (non-hydrogen) atoms. The van der Waals surface area contributed by atoms with Crippen LogP contribution in [-0.4, -0.2) is 34.8 Å². The number of benzene rings is 1. The highest BCUT2D eigenvalue weighted by Gasteiger charge is 2.47. The molecular formula is C19H27N3O3. The number of aryl methyl sites for hydroxylation is 2. The van der Waals surface area contributed by atoms with Crippen molar-refractivity contribution in [2.24, 2.45) is 5.92 Å². The molecule has 136 valence electrons. The van der Waals surface area contributed by atoms with Gasteiger partial charge in [0, 0.05) is 5.69 Å². The van der Waals surface area contributed by atoms with Crippen molar-refractivity contribution in [3.05, 3.63) is 29.3 Å². The number of carbonyl (C=O) groups is 3. The molecule has 0 spiro atoms. The molecule has 1 aromatic carbocycles. The van der Waals surface area contributed by atoms with Crippen LogP contribution in [-0.2, 0) is 9.59 Å². The number of urea groups is 1. The molecule has 0 radical (unpaired) electrons. The van der Waals surface area contributed by atoms with Crippen LogP contribution in [0.5, 0.6) is 0 Å². The first-order valence-corrected chi connectivity index (χ1v) is 8.64. The molecule has 2 N–H and O–H groups in total. The summed E-state index contributed by atoms with van der Waals surface area (Å²) in [4.78, 5) is 38.2. The largest absolute Gasteiger partial charge is 0.325 e. The van der Waals surface area contributed by atoms with E-state index in [1.54, 1.807) is 6.92 Å². The fourth-order valence-electron chi connectivity index (χ4n) is 2.97. The van der Waals surface area contributed by atoms with Crippen LogP contribution in [0.4, 0.5) is 10.5 Å². The maximum absolute atomic E-state index is 12.6. The molecule has 0 bridgehead atoms. The Morgan fingerprint density at radius 1 is 1.24 bits per heavy atom. The molecule has 1 heterocycles. The minimum atomic E-state index is -0.930. The molecule has 1 atom stereocenters. The zero-order chi connectivity index (χ0) is 18.8. The van der Waals surface area contributed by atoms with Crippen LogP contribution in [0.15, 0.2) is 18.2 Å². The highest BCUT2D eigenvalue weighted by molar-refractivity contribution is 6.10. The van der Waals surface area contributed by atoms with Gasteiger partial charge in [-0.15, -0.1) is 0 Å². The summed E-state index contributed by atoms with van der Waals surface area (Å²) in [5, 5.41) is 5.55. The first-order valence-electron chi connectivity index (χ1n) is 8.64. The van der Waals surface area contributed by atoms with Gasteiger partial charge in [-0.1, -0.05) is 32.0 Å². The molecule has 0 saturated carbocycles. The van der Waals surface area contributed by atoms with Gasteiger partial charge in [-0.3, -0.25) is 14.5 Å². The normalized spacial score (nSPS) is 20.2. The van der Waals surface area contributed by atoms with Crippen molar-refractivity contribution in [2.75, 3.05) is 11.9 Å². The molecule has 1 aliphatic heterocycles. The molecule has 6 heteroatoms. The number of carbonyl (C=O) groups excluding carboxylic acids is 3. The van der Waals surface area contributed by atoms with Crippen molar-refractivity contribution >= 4 is 23.5 Å². The first-order chi connectivity index (χ1) is 11.6. The second-order valence-corrected chi connectivity index (χ2v) is 7.40. The van der Waals surface area contributed by atoms with Crippen molar-refractivity contribution < 1.29 is 14.4 Å². The van der Waals surface area contributed by atoms with Crippen LogP contribution in [0.1, 0.15) is 44.7 Å². The predicted molar refractivity (Wildman–Crippen MR) is 97.3 cm³/mol. The molecule has 0 aliphatic carbocycles.